The van der Waals surface area contributed by atoms with Crippen LogP contribution in [0, 0.1) is 11.3 Å². The molecule has 0 fully saturated rings. The molecule has 0 unspecified atom stereocenters. The van der Waals surface area contributed by atoms with Gasteiger partial charge in [-0.3, -0.25) is 4.79 Å². The summed E-state index contributed by atoms with van der Waals surface area (Å²) in [7, 11) is 0. The van der Waals surface area contributed by atoms with Gasteiger partial charge < -0.3 is 25.2 Å². The van der Waals surface area contributed by atoms with Gasteiger partial charge in [-0.2, -0.15) is 5.26 Å². The van der Waals surface area contributed by atoms with E-state index in [1.54, 1.807) is 12.1 Å². The number of ether oxygens (including phenoxy) is 2. The molecule has 0 aliphatic rings. The van der Waals surface area contributed by atoms with Gasteiger partial charge in [-0.05, 0) is 26.0 Å². The summed E-state index contributed by atoms with van der Waals surface area (Å²) in [4.78, 5) is 12.0. The number of benzene rings is 1. The third-order valence-corrected chi connectivity index (χ3v) is 2.71. The number of phenolic OH excluding ortho intramolecular Hbond substituents is 1. The summed E-state index contributed by atoms with van der Waals surface area (Å²) in [5.41, 5.74) is 0.303. The highest BCUT2D eigenvalue weighted by Gasteiger charge is 2.11. The number of hydrogen-bond acceptors (Lipinski definition) is 6. The second kappa shape index (κ2) is 10.2. The SMILES string of the molecule is CCOC(CN/C=C(/C#N)C(=O)Nc1cccc(O)c1)OCC. The Balaban J connectivity index is 2.60. The van der Waals surface area contributed by atoms with Gasteiger partial charge in [0.05, 0.1) is 6.54 Å². The van der Waals surface area contributed by atoms with Crippen LogP contribution in [-0.2, 0) is 14.3 Å². The van der Waals surface area contributed by atoms with Crippen LogP contribution in [0.2, 0.25) is 0 Å². The molecule has 3 N–H and O–H groups in total. The number of carbonyl (C=O) groups excluding carboxylic acids is 1. The maximum Gasteiger partial charge on any atom is 0.267 e. The summed E-state index contributed by atoms with van der Waals surface area (Å²) >= 11 is 0. The van der Waals surface area contributed by atoms with Crippen LogP contribution in [-0.4, -0.2) is 37.1 Å². The minimum Gasteiger partial charge on any atom is -0.508 e. The Hall–Kier alpha value is -2.56. The van der Waals surface area contributed by atoms with Crippen LogP contribution in [0.1, 0.15) is 13.8 Å². The van der Waals surface area contributed by atoms with Gasteiger partial charge in [0.15, 0.2) is 6.29 Å². The summed E-state index contributed by atoms with van der Waals surface area (Å²) in [5.74, 6) is -0.547. The van der Waals surface area contributed by atoms with E-state index in [2.05, 4.69) is 10.6 Å². The lowest BCUT2D eigenvalue weighted by Crippen LogP contribution is -2.29. The Morgan fingerprint density at radius 2 is 2.09 bits per heavy atom. The van der Waals surface area contributed by atoms with Crippen LogP contribution in [0.3, 0.4) is 0 Å². The average molecular weight is 319 g/mol. The molecule has 0 aliphatic heterocycles. The van der Waals surface area contributed by atoms with Crippen molar-refractivity contribution in [3.63, 3.8) is 0 Å². The molecule has 7 nitrogen and oxygen atoms in total. The summed E-state index contributed by atoms with van der Waals surface area (Å²) in [6.45, 7) is 5.02. The minimum absolute atomic E-state index is 0.0275. The fourth-order valence-corrected chi connectivity index (χ4v) is 1.73. The van der Waals surface area contributed by atoms with Gasteiger partial charge in [0.2, 0.25) is 0 Å². The molecule has 0 spiro atoms. The van der Waals surface area contributed by atoms with E-state index < -0.39 is 12.2 Å². The van der Waals surface area contributed by atoms with Gasteiger partial charge in [-0.25, -0.2) is 0 Å². The number of hydrogen-bond donors (Lipinski definition) is 3. The van der Waals surface area contributed by atoms with E-state index in [1.807, 2.05) is 19.9 Å². The molecule has 0 atom stereocenters. The van der Waals surface area contributed by atoms with Gasteiger partial charge in [0, 0.05) is 31.2 Å². The molecule has 1 aromatic rings. The second-order valence-corrected chi connectivity index (χ2v) is 4.42. The Bertz CT molecular complexity index is 575. The Morgan fingerprint density at radius 1 is 1.39 bits per heavy atom. The van der Waals surface area contributed by atoms with Gasteiger partial charge in [-0.15, -0.1) is 0 Å². The highest BCUT2D eigenvalue weighted by Crippen LogP contribution is 2.15. The predicted molar refractivity (Wildman–Crippen MR) is 85.5 cm³/mol. The molecule has 1 amide bonds. The third-order valence-electron chi connectivity index (χ3n) is 2.71. The lowest BCUT2D eigenvalue weighted by molar-refractivity contribution is -0.131. The lowest BCUT2D eigenvalue weighted by Gasteiger charge is -2.16. The first kappa shape index (κ1) is 18.5. The van der Waals surface area contributed by atoms with Crippen LogP contribution < -0.4 is 10.6 Å². The van der Waals surface area contributed by atoms with Crippen LogP contribution in [0.25, 0.3) is 0 Å². The van der Waals surface area contributed by atoms with E-state index in [1.165, 1.54) is 18.3 Å². The van der Waals surface area contributed by atoms with Crippen molar-refractivity contribution in [3.05, 3.63) is 36.0 Å². The molecule has 0 saturated carbocycles. The minimum atomic E-state index is -0.574. The zero-order chi connectivity index (χ0) is 17.1. The van der Waals surface area contributed by atoms with Gasteiger partial charge in [0.1, 0.15) is 17.4 Å². The summed E-state index contributed by atoms with van der Waals surface area (Å²) in [6, 6.07) is 7.89. The first-order chi connectivity index (χ1) is 11.1. The first-order valence-corrected chi connectivity index (χ1v) is 7.27. The van der Waals surface area contributed by atoms with Crippen molar-refractivity contribution in [1.82, 2.24) is 5.32 Å². The molecular formula is C16H21N3O4. The molecular weight excluding hydrogens is 298 g/mol. The summed E-state index contributed by atoms with van der Waals surface area (Å²) < 4.78 is 10.7. The fraction of sp³-hybridized carbons (Fsp3) is 0.375. The number of carbonyl (C=O) groups is 1. The lowest BCUT2D eigenvalue weighted by atomic mass is 10.2. The monoisotopic (exact) mass is 319 g/mol. The van der Waals surface area contributed by atoms with Gasteiger partial charge in [0.25, 0.3) is 5.91 Å². The summed E-state index contributed by atoms with van der Waals surface area (Å²) in [6.07, 6.45) is 0.860. The topological polar surface area (TPSA) is 104 Å². The highest BCUT2D eigenvalue weighted by atomic mass is 16.7. The largest absolute Gasteiger partial charge is 0.508 e. The number of nitriles is 1. The fourth-order valence-electron chi connectivity index (χ4n) is 1.73. The average Bonchev–Trinajstić information content (AvgIpc) is 2.51. The normalized spacial score (nSPS) is 11.1. The number of nitrogens with zero attached hydrogens (tertiary/aromatic N) is 1. The molecule has 7 heteroatoms. The van der Waals surface area contributed by atoms with Crippen molar-refractivity contribution in [3.8, 4) is 11.8 Å². The Morgan fingerprint density at radius 3 is 2.65 bits per heavy atom. The number of phenols is 1. The van der Waals surface area contributed by atoms with Crippen molar-refractivity contribution in [2.75, 3.05) is 25.1 Å². The predicted octanol–water partition coefficient (Wildman–Crippen LogP) is 1.73. The molecule has 124 valence electrons. The highest BCUT2D eigenvalue weighted by molar-refractivity contribution is 6.06. The van der Waals surface area contributed by atoms with Crippen LogP contribution in [0.5, 0.6) is 5.75 Å². The molecule has 0 aliphatic carbocycles. The van der Waals surface area contributed by atoms with E-state index in [9.17, 15) is 9.90 Å². The molecule has 1 aromatic carbocycles. The van der Waals surface area contributed by atoms with Crippen molar-refractivity contribution in [2.24, 2.45) is 0 Å². The van der Waals surface area contributed by atoms with E-state index in [0.29, 0.717) is 25.4 Å². The Labute approximate surface area is 135 Å². The maximum absolute atomic E-state index is 12.0. The van der Waals surface area contributed by atoms with Gasteiger partial charge >= 0.3 is 0 Å². The molecule has 23 heavy (non-hydrogen) atoms. The standard InChI is InChI=1S/C16H21N3O4/c1-3-22-15(23-4-2)11-18-10-12(9-17)16(21)19-13-6-5-7-14(20)8-13/h5-8,10,15,18,20H,3-4,11H2,1-2H3,(H,19,21)/b12-10-. The third kappa shape index (κ3) is 6.82. The van der Waals surface area contributed by atoms with Crippen molar-refractivity contribution < 1.29 is 19.4 Å². The first-order valence-electron chi connectivity index (χ1n) is 7.27. The van der Waals surface area contributed by atoms with Crippen LogP contribution in [0.4, 0.5) is 5.69 Å². The Kier molecular flexibility index (Phi) is 8.21. The van der Waals surface area contributed by atoms with Gasteiger partial charge in [-0.1, -0.05) is 6.07 Å². The second-order valence-electron chi connectivity index (χ2n) is 4.42. The van der Waals surface area contributed by atoms with E-state index in [4.69, 9.17) is 14.7 Å². The molecule has 0 aromatic heterocycles. The zero-order valence-corrected chi connectivity index (χ0v) is 13.2. The van der Waals surface area contributed by atoms with E-state index in [0.717, 1.165) is 0 Å². The van der Waals surface area contributed by atoms with Crippen LogP contribution >= 0.6 is 0 Å². The van der Waals surface area contributed by atoms with E-state index >= 15 is 0 Å². The number of anilines is 1. The maximum atomic E-state index is 12.0. The molecule has 1 rings (SSSR count). The zero-order valence-electron chi connectivity index (χ0n) is 13.2. The van der Waals surface area contributed by atoms with E-state index in [-0.39, 0.29) is 11.3 Å². The smallest absolute Gasteiger partial charge is 0.267 e. The molecule has 0 bridgehead atoms. The summed E-state index contributed by atoms with van der Waals surface area (Å²) in [5, 5.41) is 23.8. The number of amides is 1. The number of rotatable bonds is 9. The quantitative estimate of drug-likeness (QED) is 0.364. The van der Waals surface area contributed by atoms with Crippen LogP contribution in [0.15, 0.2) is 36.0 Å². The number of aromatic hydroxyl groups is 1. The van der Waals surface area contributed by atoms with Crippen molar-refractivity contribution in [2.45, 2.75) is 20.1 Å². The molecule has 0 radical (unpaired) electrons. The van der Waals surface area contributed by atoms with Crippen molar-refractivity contribution >= 4 is 11.6 Å². The number of nitrogens with one attached hydrogen (secondary N) is 2. The van der Waals surface area contributed by atoms with Crippen molar-refractivity contribution in [1.29, 1.82) is 5.26 Å². The molecule has 0 heterocycles. The molecule has 0 saturated heterocycles.